The van der Waals surface area contributed by atoms with E-state index in [0.717, 1.165) is 30.4 Å². The van der Waals surface area contributed by atoms with Crippen molar-refractivity contribution < 1.29 is 33.7 Å². The number of hydrogen-bond donors (Lipinski definition) is 2. The fraction of sp³-hybridized carbons (Fsp3) is 0.559. The molecule has 3 amide bonds. The first-order chi connectivity index (χ1) is 21.7. The summed E-state index contributed by atoms with van der Waals surface area (Å²) in [5.74, 6) is 0.369. The molecular weight excluding hydrogens is 598 g/mol. The first-order valence-electron chi connectivity index (χ1n) is 15.8. The molecule has 0 aliphatic carbocycles. The van der Waals surface area contributed by atoms with E-state index in [1.54, 1.807) is 11.0 Å². The smallest absolute Gasteiger partial charge is 0.410 e. The van der Waals surface area contributed by atoms with Gasteiger partial charge in [0.1, 0.15) is 6.10 Å². The Morgan fingerprint density at radius 1 is 1.07 bits per heavy atom. The van der Waals surface area contributed by atoms with Crippen molar-refractivity contribution in [2.75, 3.05) is 39.9 Å². The highest BCUT2D eigenvalue weighted by Gasteiger charge is 2.44. The molecule has 2 aliphatic rings. The first kappa shape index (κ1) is 34.4. The predicted molar refractivity (Wildman–Crippen MR) is 171 cm³/mol. The zero-order valence-corrected chi connectivity index (χ0v) is 27.2. The normalized spacial score (nSPS) is 22.5. The van der Waals surface area contributed by atoms with Gasteiger partial charge < -0.3 is 34.4 Å². The maximum atomic E-state index is 13.9. The number of amides is 3. The Hall–Kier alpha value is -3.50. The number of carbonyl (C=O) groups excluding carboxylic acids is 2. The maximum Gasteiger partial charge on any atom is 0.410 e. The summed E-state index contributed by atoms with van der Waals surface area (Å²) in [7, 11) is 1.31. The van der Waals surface area contributed by atoms with Crippen molar-refractivity contribution in [2.24, 2.45) is 17.8 Å². The standard InChI is InChI=1S/C34H46ClN3O7/c1-23(2)19-26-14-17-38(33(40)41)29(20-24-9-5-4-6-10-24)31(26)45-34(42)37-16-8-12-27(22-37)30(25-11-7-13-28(35)21-25)44-18-15-36-32(39)43-3/h4-7,9-11,13,21,23,26-27,29-31H,8,12,14-20,22H2,1-3H3,(H,36,39)(H,40,41)/t26-,27?,29?,30-,31-/m0/s1. The van der Waals surface area contributed by atoms with Crippen molar-refractivity contribution in [1.29, 1.82) is 0 Å². The van der Waals surface area contributed by atoms with Crippen LogP contribution in [-0.4, -0.2) is 85.2 Å². The van der Waals surface area contributed by atoms with Gasteiger partial charge in [0.05, 0.1) is 25.9 Å². The Bertz CT molecular complexity index is 1260. The zero-order valence-electron chi connectivity index (χ0n) is 26.4. The molecule has 5 atom stereocenters. The molecular formula is C34H46ClN3O7. The third-order valence-corrected chi connectivity index (χ3v) is 8.94. The summed E-state index contributed by atoms with van der Waals surface area (Å²) >= 11 is 6.33. The summed E-state index contributed by atoms with van der Waals surface area (Å²) in [6.45, 7) is 6.15. The molecule has 2 N–H and O–H groups in total. The van der Waals surface area contributed by atoms with Gasteiger partial charge in [-0.15, -0.1) is 0 Å². The minimum absolute atomic E-state index is 0.0451. The highest BCUT2D eigenvalue weighted by molar-refractivity contribution is 6.30. The van der Waals surface area contributed by atoms with Gasteiger partial charge in [0, 0.05) is 43.0 Å². The molecule has 10 nitrogen and oxygen atoms in total. The second-order valence-electron chi connectivity index (χ2n) is 12.4. The number of ether oxygens (including phenoxy) is 3. The third-order valence-electron chi connectivity index (χ3n) is 8.70. The largest absolute Gasteiger partial charge is 0.465 e. The lowest BCUT2D eigenvalue weighted by Crippen LogP contribution is -2.58. The van der Waals surface area contributed by atoms with Crippen molar-refractivity contribution in [3.8, 4) is 0 Å². The van der Waals surface area contributed by atoms with Crippen LogP contribution in [0, 0.1) is 17.8 Å². The molecule has 2 aromatic rings. The van der Waals surface area contributed by atoms with E-state index in [4.69, 9.17) is 21.1 Å². The van der Waals surface area contributed by atoms with Crippen LogP contribution in [0.3, 0.4) is 0 Å². The van der Waals surface area contributed by atoms with Gasteiger partial charge in [0.25, 0.3) is 0 Å². The number of piperidine rings is 2. The van der Waals surface area contributed by atoms with Crippen LogP contribution < -0.4 is 5.32 Å². The number of hydrogen-bond acceptors (Lipinski definition) is 6. The Kier molecular flexibility index (Phi) is 12.8. The Morgan fingerprint density at radius 3 is 2.53 bits per heavy atom. The Balaban J connectivity index is 1.52. The molecule has 0 aromatic heterocycles. The molecule has 2 saturated heterocycles. The van der Waals surface area contributed by atoms with E-state index in [-0.39, 0.29) is 31.1 Å². The van der Waals surface area contributed by atoms with Gasteiger partial charge in [-0.2, -0.15) is 0 Å². The van der Waals surface area contributed by atoms with Gasteiger partial charge in [-0.1, -0.05) is 67.9 Å². The van der Waals surface area contributed by atoms with Crippen LogP contribution in [0.1, 0.15) is 56.8 Å². The molecule has 2 aromatic carbocycles. The number of nitrogens with zero attached hydrogens (tertiary/aromatic N) is 2. The Morgan fingerprint density at radius 2 is 1.84 bits per heavy atom. The summed E-state index contributed by atoms with van der Waals surface area (Å²) in [6.07, 6.45) is 0.628. The number of rotatable bonds is 11. The maximum absolute atomic E-state index is 13.9. The van der Waals surface area contributed by atoms with E-state index in [0.29, 0.717) is 43.4 Å². The summed E-state index contributed by atoms with van der Waals surface area (Å²) in [4.78, 5) is 41.0. The average Bonchev–Trinajstić information content (AvgIpc) is 3.02. The van der Waals surface area contributed by atoms with Crippen LogP contribution in [-0.2, 0) is 20.6 Å². The van der Waals surface area contributed by atoms with Crippen LogP contribution in [0.25, 0.3) is 0 Å². The van der Waals surface area contributed by atoms with Gasteiger partial charge in [-0.25, -0.2) is 14.4 Å². The third kappa shape index (κ3) is 9.74. The van der Waals surface area contributed by atoms with Crippen LogP contribution >= 0.6 is 11.6 Å². The molecule has 11 heteroatoms. The zero-order chi connectivity index (χ0) is 32.3. The quantitative estimate of drug-likeness (QED) is 0.264. The lowest BCUT2D eigenvalue weighted by Gasteiger charge is -2.45. The molecule has 2 heterocycles. The molecule has 4 rings (SSSR count). The summed E-state index contributed by atoms with van der Waals surface area (Å²) in [5, 5.41) is 13.4. The highest BCUT2D eigenvalue weighted by atomic mass is 35.5. The first-order valence-corrected chi connectivity index (χ1v) is 16.2. The molecule has 2 unspecified atom stereocenters. The van der Waals surface area contributed by atoms with Gasteiger partial charge in [-0.05, 0) is 61.3 Å². The van der Waals surface area contributed by atoms with Gasteiger partial charge in [-0.3, -0.25) is 0 Å². The second-order valence-corrected chi connectivity index (χ2v) is 12.8. The lowest BCUT2D eigenvalue weighted by atomic mass is 9.80. The van der Waals surface area contributed by atoms with Crippen LogP contribution in [0.5, 0.6) is 0 Å². The number of benzene rings is 2. The topological polar surface area (TPSA) is 118 Å². The summed E-state index contributed by atoms with van der Waals surface area (Å²) < 4.78 is 17.3. The number of halogens is 1. The minimum Gasteiger partial charge on any atom is -0.465 e. The number of likely N-dealkylation sites (tertiary alicyclic amines) is 2. The van der Waals surface area contributed by atoms with Gasteiger partial charge in [0.15, 0.2) is 0 Å². The van der Waals surface area contributed by atoms with E-state index in [1.807, 2.05) is 48.5 Å². The monoisotopic (exact) mass is 643 g/mol. The van der Waals surface area contributed by atoms with E-state index in [1.165, 1.54) is 12.0 Å². The van der Waals surface area contributed by atoms with E-state index >= 15 is 0 Å². The average molecular weight is 644 g/mol. The highest BCUT2D eigenvalue weighted by Crippen LogP contribution is 2.36. The fourth-order valence-electron chi connectivity index (χ4n) is 6.69. The van der Waals surface area contributed by atoms with Crippen molar-refractivity contribution in [3.05, 3.63) is 70.7 Å². The SMILES string of the molecule is COC(=O)NCCO[C@@H](c1cccc(Cl)c1)C1CCCN(C(=O)O[C@@H]2C(Cc3ccccc3)N(C(=O)O)CC[C@H]2CC(C)C)C1. The molecule has 0 radical (unpaired) electrons. The van der Waals surface area contributed by atoms with Crippen molar-refractivity contribution in [2.45, 2.75) is 64.2 Å². The number of carboxylic acid groups (broad SMARTS) is 1. The second kappa shape index (κ2) is 16.7. The van der Waals surface area contributed by atoms with Crippen molar-refractivity contribution in [1.82, 2.24) is 15.1 Å². The molecule has 2 fully saturated rings. The molecule has 0 bridgehead atoms. The number of alkyl carbamates (subject to hydrolysis) is 1. The number of methoxy groups -OCH3 is 1. The van der Waals surface area contributed by atoms with Gasteiger partial charge in [0.2, 0.25) is 0 Å². The Labute approximate surface area is 270 Å². The van der Waals surface area contributed by atoms with Crippen LogP contribution in [0.15, 0.2) is 54.6 Å². The molecule has 246 valence electrons. The van der Waals surface area contributed by atoms with Crippen LogP contribution in [0.2, 0.25) is 5.02 Å². The van der Waals surface area contributed by atoms with Crippen molar-refractivity contribution >= 4 is 29.9 Å². The summed E-state index contributed by atoms with van der Waals surface area (Å²) in [5.41, 5.74) is 1.89. The fourth-order valence-corrected chi connectivity index (χ4v) is 6.89. The van der Waals surface area contributed by atoms with E-state index in [2.05, 4.69) is 23.9 Å². The predicted octanol–water partition coefficient (Wildman–Crippen LogP) is 6.63. The van der Waals surface area contributed by atoms with Crippen LogP contribution in [0.4, 0.5) is 14.4 Å². The van der Waals surface area contributed by atoms with E-state index in [9.17, 15) is 19.5 Å². The molecule has 2 aliphatic heterocycles. The summed E-state index contributed by atoms with van der Waals surface area (Å²) in [6, 6.07) is 16.8. The van der Waals surface area contributed by atoms with Gasteiger partial charge >= 0.3 is 18.3 Å². The number of nitrogens with one attached hydrogen (secondary N) is 1. The molecule has 0 saturated carbocycles. The molecule has 45 heavy (non-hydrogen) atoms. The van der Waals surface area contributed by atoms with Crippen molar-refractivity contribution in [3.63, 3.8) is 0 Å². The lowest BCUT2D eigenvalue weighted by molar-refractivity contribution is -0.0570. The minimum atomic E-state index is -0.999. The van der Waals surface area contributed by atoms with E-state index < -0.39 is 30.4 Å². The molecule has 0 spiro atoms. The number of carbonyl (C=O) groups is 3.